The SMILES string of the molecule is N#CN=C(N)CC1CCC(C(=O)Cc2ccc(C[C@H](NC(=O)c3c(Cl)cccc3Cl)C(=O)O)cc2)CC1. The van der Waals surface area contributed by atoms with E-state index >= 15 is 0 Å². The molecule has 2 aromatic rings. The Labute approximate surface area is 225 Å². The molecule has 194 valence electrons. The molecule has 0 saturated heterocycles. The van der Waals surface area contributed by atoms with Crippen molar-refractivity contribution in [3.63, 3.8) is 0 Å². The lowest BCUT2D eigenvalue weighted by Crippen LogP contribution is -2.42. The van der Waals surface area contributed by atoms with Crippen molar-refractivity contribution in [3.8, 4) is 6.19 Å². The van der Waals surface area contributed by atoms with Gasteiger partial charge in [-0.05, 0) is 54.9 Å². The number of halogens is 2. The van der Waals surface area contributed by atoms with E-state index in [-0.39, 0.29) is 33.7 Å². The molecule has 1 atom stereocenters. The lowest BCUT2D eigenvalue weighted by Gasteiger charge is -2.27. The molecule has 0 bridgehead atoms. The van der Waals surface area contributed by atoms with E-state index in [4.69, 9.17) is 34.2 Å². The van der Waals surface area contributed by atoms with Crippen LogP contribution < -0.4 is 11.1 Å². The number of amidine groups is 1. The number of amides is 1. The summed E-state index contributed by atoms with van der Waals surface area (Å²) in [6, 6.07) is 10.6. The predicted molar refractivity (Wildman–Crippen MR) is 142 cm³/mol. The van der Waals surface area contributed by atoms with E-state index in [1.807, 2.05) is 12.1 Å². The highest BCUT2D eigenvalue weighted by molar-refractivity contribution is 6.39. The highest BCUT2D eigenvalue weighted by Crippen LogP contribution is 2.32. The zero-order valence-electron chi connectivity index (χ0n) is 20.1. The number of carboxylic acids is 1. The van der Waals surface area contributed by atoms with Crippen LogP contribution in [0.4, 0.5) is 0 Å². The predicted octanol–water partition coefficient (Wildman–Crippen LogP) is 4.57. The Balaban J connectivity index is 1.54. The van der Waals surface area contributed by atoms with Gasteiger partial charge in [-0.1, -0.05) is 53.5 Å². The van der Waals surface area contributed by atoms with Gasteiger partial charge in [-0.15, -0.1) is 0 Å². The average molecular weight is 543 g/mol. The number of aliphatic carboxylic acids is 1. The van der Waals surface area contributed by atoms with Gasteiger partial charge in [-0.3, -0.25) is 9.59 Å². The second-order valence-electron chi connectivity index (χ2n) is 9.25. The minimum absolute atomic E-state index is 0.00621. The first-order valence-corrected chi connectivity index (χ1v) is 12.7. The summed E-state index contributed by atoms with van der Waals surface area (Å²) in [5.41, 5.74) is 7.30. The van der Waals surface area contributed by atoms with E-state index in [0.29, 0.717) is 30.2 Å². The molecular weight excluding hydrogens is 515 g/mol. The van der Waals surface area contributed by atoms with E-state index in [0.717, 1.165) is 31.2 Å². The summed E-state index contributed by atoms with van der Waals surface area (Å²) in [4.78, 5) is 40.8. The number of nitrogens with two attached hydrogens (primary N) is 1. The summed E-state index contributed by atoms with van der Waals surface area (Å²) in [6.45, 7) is 0. The molecule has 1 aliphatic rings. The number of aliphatic imine (C=N–C) groups is 1. The smallest absolute Gasteiger partial charge is 0.326 e. The fourth-order valence-electron chi connectivity index (χ4n) is 4.61. The number of hydrogen-bond donors (Lipinski definition) is 3. The molecule has 4 N–H and O–H groups in total. The number of nitrogens with zero attached hydrogens (tertiary/aromatic N) is 2. The van der Waals surface area contributed by atoms with Gasteiger partial charge in [-0.25, -0.2) is 4.79 Å². The number of nitrogens with one attached hydrogen (secondary N) is 1. The molecule has 0 spiro atoms. The highest BCUT2D eigenvalue weighted by Gasteiger charge is 2.27. The van der Waals surface area contributed by atoms with Gasteiger partial charge in [0.05, 0.1) is 15.6 Å². The van der Waals surface area contributed by atoms with Gasteiger partial charge < -0.3 is 16.2 Å². The van der Waals surface area contributed by atoms with Crippen molar-refractivity contribution < 1.29 is 19.5 Å². The molecule has 0 heterocycles. The number of carboxylic acid groups (broad SMARTS) is 1. The van der Waals surface area contributed by atoms with Gasteiger partial charge in [0.25, 0.3) is 5.91 Å². The number of Topliss-reactive ketones (excluding diaryl/α,β-unsaturated/α-hetero) is 1. The lowest BCUT2D eigenvalue weighted by atomic mass is 9.77. The largest absolute Gasteiger partial charge is 0.480 e. The van der Waals surface area contributed by atoms with Crippen LogP contribution in [0.25, 0.3) is 0 Å². The Hall–Kier alpha value is -3.41. The van der Waals surface area contributed by atoms with E-state index in [1.54, 1.807) is 24.4 Å². The van der Waals surface area contributed by atoms with Crippen LogP contribution in [0.2, 0.25) is 10.0 Å². The maximum Gasteiger partial charge on any atom is 0.326 e. The molecule has 1 aliphatic carbocycles. The number of benzene rings is 2. The topological polar surface area (TPSA) is 146 Å². The second kappa shape index (κ2) is 13.2. The van der Waals surface area contributed by atoms with Gasteiger partial charge in [0.2, 0.25) is 6.19 Å². The number of ketones is 1. The van der Waals surface area contributed by atoms with Crippen LogP contribution in [-0.2, 0) is 22.4 Å². The van der Waals surface area contributed by atoms with Gasteiger partial charge >= 0.3 is 5.97 Å². The Kier molecular flexibility index (Phi) is 10.1. The fourth-order valence-corrected chi connectivity index (χ4v) is 5.18. The van der Waals surface area contributed by atoms with Gasteiger partial charge in [0.15, 0.2) is 0 Å². The van der Waals surface area contributed by atoms with Crippen molar-refractivity contribution in [3.05, 3.63) is 69.2 Å². The first-order chi connectivity index (χ1) is 17.7. The van der Waals surface area contributed by atoms with Gasteiger partial charge in [0.1, 0.15) is 17.7 Å². The molecule has 0 aromatic heterocycles. The summed E-state index contributed by atoms with van der Waals surface area (Å²) in [7, 11) is 0. The van der Waals surface area contributed by atoms with Crippen molar-refractivity contribution in [1.82, 2.24) is 5.32 Å². The molecule has 37 heavy (non-hydrogen) atoms. The van der Waals surface area contributed by atoms with E-state index in [9.17, 15) is 19.5 Å². The van der Waals surface area contributed by atoms with Crippen molar-refractivity contribution in [1.29, 1.82) is 5.26 Å². The maximum atomic E-state index is 12.8. The van der Waals surface area contributed by atoms with E-state index in [1.165, 1.54) is 12.1 Å². The molecule has 0 unspecified atom stereocenters. The summed E-state index contributed by atoms with van der Waals surface area (Å²) < 4.78 is 0. The monoisotopic (exact) mass is 542 g/mol. The van der Waals surface area contributed by atoms with Crippen molar-refractivity contribution >= 4 is 46.7 Å². The molecular formula is C27H28Cl2N4O4. The zero-order valence-corrected chi connectivity index (χ0v) is 21.6. The Morgan fingerprint density at radius 2 is 1.65 bits per heavy atom. The number of nitriles is 1. The van der Waals surface area contributed by atoms with Crippen LogP contribution in [0.5, 0.6) is 0 Å². The quantitative estimate of drug-likeness (QED) is 0.227. The van der Waals surface area contributed by atoms with Crippen LogP contribution in [0.3, 0.4) is 0 Å². The summed E-state index contributed by atoms with van der Waals surface area (Å²) in [5.74, 6) is -0.996. The van der Waals surface area contributed by atoms with Crippen molar-refractivity contribution in [2.24, 2.45) is 22.6 Å². The molecule has 1 amide bonds. The summed E-state index contributed by atoms with van der Waals surface area (Å²) >= 11 is 12.1. The van der Waals surface area contributed by atoms with Crippen molar-refractivity contribution in [2.75, 3.05) is 0 Å². The minimum Gasteiger partial charge on any atom is -0.480 e. The molecule has 3 rings (SSSR count). The summed E-state index contributed by atoms with van der Waals surface area (Å²) in [6.07, 6.45) is 5.97. The van der Waals surface area contributed by atoms with Crippen LogP contribution in [0, 0.1) is 23.3 Å². The van der Waals surface area contributed by atoms with Crippen LogP contribution in [0.15, 0.2) is 47.5 Å². The minimum atomic E-state index is -1.19. The molecule has 0 radical (unpaired) electrons. The van der Waals surface area contributed by atoms with Crippen LogP contribution in [-0.4, -0.2) is 34.6 Å². The van der Waals surface area contributed by atoms with Crippen LogP contribution in [0.1, 0.15) is 53.6 Å². The second-order valence-corrected chi connectivity index (χ2v) is 10.1. The average Bonchev–Trinajstić information content (AvgIpc) is 2.85. The fraction of sp³-hybridized carbons (Fsp3) is 0.370. The maximum absolute atomic E-state index is 12.8. The molecule has 1 saturated carbocycles. The number of rotatable bonds is 10. The normalized spacial score (nSPS) is 18.5. The third kappa shape index (κ3) is 8.04. The standard InChI is InChI=1S/C27H28Cl2N4O4/c28-20-2-1-3-21(29)25(20)26(35)33-22(27(36)37)12-16-4-6-17(7-5-16)13-23(34)19-10-8-18(9-11-19)14-24(31)32-15-30/h1-7,18-19,22H,8-14H2,(H2,31,32)(H,33,35)(H,36,37)/t18?,19?,22-/m0/s1. The third-order valence-electron chi connectivity index (χ3n) is 6.63. The van der Waals surface area contributed by atoms with Crippen LogP contribution >= 0.6 is 23.2 Å². The number of carbonyl (C=O) groups excluding carboxylic acids is 2. The van der Waals surface area contributed by atoms with E-state index in [2.05, 4.69) is 10.3 Å². The number of carbonyl (C=O) groups is 3. The Bertz CT molecular complexity index is 1200. The molecule has 0 aliphatic heterocycles. The lowest BCUT2D eigenvalue weighted by molar-refractivity contribution is -0.139. The molecule has 8 nitrogen and oxygen atoms in total. The first-order valence-electron chi connectivity index (χ1n) is 12.0. The van der Waals surface area contributed by atoms with Gasteiger partial charge in [0, 0.05) is 25.2 Å². The highest BCUT2D eigenvalue weighted by atomic mass is 35.5. The van der Waals surface area contributed by atoms with Gasteiger partial charge in [-0.2, -0.15) is 10.3 Å². The molecule has 2 aromatic carbocycles. The molecule has 10 heteroatoms. The van der Waals surface area contributed by atoms with Crippen molar-refractivity contribution in [2.45, 2.75) is 51.0 Å². The Morgan fingerprint density at radius 1 is 1.05 bits per heavy atom. The summed E-state index contributed by atoms with van der Waals surface area (Å²) in [5, 5.41) is 21.0. The first kappa shape index (κ1) is 28.2. The third-order valence-corrected chi connectivity index (χ3v) is 7.26. The zero-order chi connectivity index (χ0) is 26.9. The number of hydrogen-bond acceptors (Lipinski definition) is 5. The molecule has 1 fully saturated rings. The van der Waals surface area contributed by atoms with E-state index < -0.39 is 17.9 Å². The Morgan fingerprint density at radius 3 is 2.22 bits per heavy atom.